The van der Waals surface area contributed by atoms with Crippen LogP contribution in [-0.2, 0) is 4.79 Å². The predicted octanol–water partition coefficient (Wildman–Crippen LogP) is 3.76. The first-order chi connectivity index (χ1) is 12.9. The summed E-state index contributed by atoms with van der Waals surface area (Å²) in [5, 5.41) is 11.6. The number of carbonyl (C=O) groups is 1. The van der Waals surface area contributed by atoms with Gasteiger partial charge in [0.05, 0.1) is 17.9 Å². The Labute approximate surface area is 157 Å². The van der Waals surface area contributed by atoms with Crippen molar-refractivity contribution in [2.45, 2.75) is 13.8 Å². The molecule has 0 radical (unpaired) electrons. The molecular formula is C21H21FN4O. The van der Waals surface area contributed by atoms with Gasteiger partial charge in [0, 0.05) is 11.8 Å². The Morgan fingerprint density at radius 2 is 1.93 bits per heavy atom. The van der Waals surface area contributed by atoms with E-state index in [4.69, 9.17) is 0 Å². The van der Waals surface area contributed by atoms with Gasteiger partial charge in [-0.15, -0.1) is 0 Å². The molecule has 6 heteroatoms. The van der Waals surface area contributed by atoms with Gasteiger partial charge in [-0.2, -0.15) is 10.1 Å². The fraction of sp³-hybridized carbons (Fsp3) is 0.143. The summed E-state index contributed by atoms with van der Waals surface area (Å²) in [5.41, 5.74) is 3.74. The van der Waals surface area contributed by atoms with Crippen LogP contribution in [0.3, 0.4) is 0 Å². The standard InChI is InChI=1S/C21H21FN4O/c1-14-8-10-17(11-9-14)15(2)25-26-16(3)24-18(12-21(26)27)13-23-20-7-5-4-6-19(20)22/h4-12,23-24H,3,13H2,1-2H3/b25-15+. The van der Waals surface area contributed by atoms with Crippen LogP contribution in [0.25, 0.3) is 0 Å². The van der Waals surface area contributed by atoms with Crippen molar-refractivity contribution in [1.29, 1.82) is 0 Å². The fourth-order valence-corrected chi connectivity index (χ4v) is 2.62. The zero-order valence-corrected chi connectivity index (χ0v) is 15.3. The molecule has 5 nitrogen and oxygen atoms in total. The highest BCUT2D eigenvalue weighted by atomic mass is 19.1. The van der Waals surface area contributed by atoms with E-state index in [-0.39, 0.29) is 18.3 Å². The number of halogens is 1. The van der Waals surface area contributed by atoms with Crippen LogP contribution in [0.4, 0.5) is 10.1 Å². The molecule has 0 saturated heterocycles. The number of nitrogens with one attached hydrogen (secondary N) is 2. The van der Waals surface area contributed by atoms with Crippen LogP contribution in [0.1, 0.15) is 18.1 Å². The lowest BCUT2D eigenvalue weighted by Gasteiger charge is -2.26. The minimum absolute atomic E-state index is 0.264. The lowest BCUT2D eigenvalue weighted by atomic mass is 10.1. The molecule has 1 heterocycles. The van der Waals surface area contributed by atoms with E-state index >= 15 is 0 Å². The summed E-state index contributed by atoms with van der Waals surface area (Å²) in [4.78, 5) is 12.5. The maximum absolute atomic E-state index is 13.7. The first-order valence-corrected chi connectivity index (χ1v) is 8.55. The van der Waals surface area contributed by atoms with Gasteiger partial charge in [0.2, 0.25) is 0 Å². The summed E-state index contributed by atoms with van der Waals surface area (Å²) in [6.45, 7) is 7.99. The van der Waals surface area contributed by atoms with E-state index in [0.29, 0.717) is 22.9 Å². The summed E-state index contributed by atoms with van der Waals surface area (Å²) < 4.78 is 13.7. The summed E-state index contributed by atoms with van der Waals surface area (Å²) in [7, 11) is 0. The minimum Gasteiger partial charge on any atom is -0.377 e. The van der Waals surface area contributed by atoms with Crippen molar-refractivity contribution in [2.75, 3.05) is 11.9 Å². The quantitative estimate of drug-likeness (QED) is 0.795. The molecule has 0 fully saturated rings. The second kappa shape index (κ2) is 7.86. The van der Waals surface area contributed by atoms with Gasteiger partial charge in [-0.25, -0.2) is 4.39 Å². The van der Waals surface area contributed by atoms with Crippen molar-refractivity contribution in [2.24, 2.45) is 5.10 Å². The molecule has 0 aromatic heterocycles. The number of rotatable bonds is 5. The molecule has 0 aliphatic carbocycles. The third-order valence-electron chi connectivity index (χ3n) is 4.13. The monoisotopic (exact) mass is 364 g/mol. The molecular weight excluding hydrogens is 343 g/mol. The Morgan fingerprint density at radius 1 is 1.22 bits per heavy atom. The highest BCUT2D eigenvalue weighted by Crippen LogP contribution is 2.16. The lowest BCUT2D eigenvalue weighted by molar-refractivity contribution is -0.125. The number of hydrazone groups is 1. The average Bonchev–Trinajstić information content (AvgIpc) is 2.64. The van der Waals surface area contributed by atoms with E-state index in [2.05, 4.69) is 22.3 Å². The van der Waals surface area contributed by atoms with E-state index in [1.54, 1.807) is 18.2 Å². The lowest BCUT2D eigenvalue weighted by Crippen LogP contribution is -2.38. The summed E-state index contributed by atoms with van der Waals surface area (Å²) in [6, 6.07) is 14.3. The maximum atomic E-state index is 13.7. The van der Waals surface area contributed by atoms with Crippen LogP contribution >= 0.6 is 0 Å². The van der Waals surface area contributed by atoms with Crippen LogP contribution < -0.4 is 10.6 Å². The normalized spacial score (nSPS) is 14.7. The zero-order valence-electron chi connectivity index (χ0n) is 15.3. The van der Waals surface area contributed by atoms with E-state index in [1.807, 2.05) is 38.1 Å². The molecule has 1 aliphatic heterocycles. The third kappa shape index (κ3) is 4.41. The van der Waals surface area contributed by atoms with Crippen molar-refractivity contribution in [3.05, 3.63) is 89.6 Å². The number of hydrogen-bond donors (Lipinski definition) is 2. The molecule has 138 valence electrons. The van der Waals surface area contributed by atoms with Crippen molar-refractivity contribution in [1.82, 2.24) is 10.3 Å². The van der Waals surface area contributed by atoms with Gasteiger partial charge < -0.3 is 10.6 Å². The van der Waals surface area contributed by atoms with E-state index in [1.165, 1.54) is 17.2 Å². The topological polar surface area (TPSA) is 56.7 Å². The molecule has 2 N–H and O–H groups in total. The molecule has 27 heavy (non-hydrogen) atoms. The average molecular weight is 364 g/mol. The van der Waals surface area contributed by atoms with Gasteiger partial charge in [-0.3, -0.25) is 4.79 Å². The van der Waals surface area contributed by atoms with Gasteiger partial charge in [0.1, 0.15) is 11.6 Å². The Balaban J connectivity index is 1.71. The highest BCUT2D eigenvalue weighted by Gasteiger charge is 2.22. The molecule has 0 atom stereocenters. The first kappa shape index (κ1) is 18.4. The van der Waals surface area contributed by atoms with Gasteiger partial charge in [0.25, 0.3) is 5.91 Å². The number of hydrogen-bond acceptors (Lipinski definition) is 4. The van der Waals surface area contributed by atoms with Crippen molar-refractivity contribution in [3.63, 3.8) is 0 Å². The number of nitrogens with zero attached hydrogens (tertiary/aromatic N) is 2. The summed E-state index contributed by atoms with van der Waals surface area (Å²) >= 11 is 0. The van der Waals surface area contributed by atoms with Gasteiger partial charge >= 0.3 is 0 Å². The zero-order chi connectivity index (χ0) is 19.4. The third-order valence-corrected chi connectivity index (χ3v) is 4.13. The number of para-hydroxylation sites is 1. The SMILES string of the molecule is C=C1NC(CNc2ccccc2F)=CC(=O)N1/N=C(\C)c1ccc(C)cc1. The second-order valence-corrected chi connectivity index (χ2v) is 6.28. The minimum atomic E-state index is -0.348. The first-order valence-electron chi connectivity index (χ1n) is 8.55. The number of aryl methyl sites for hydroxylation is 1. The van der Waals surface area contributed by atoms with E-state index < -0.39 is 0 Å². The van der Waals surface area contributed by atoms with Crippen LogP contribution in [-0.4, -0.2) is 23.2 Å². The molecule has 0 bridgehead atoms. The largest absolute Gasteiger partial charge is 0.377 e. The highest BCUT2D eigenvalue weighted by molar-refractivity contribution is 6.00. The van der Waals surface area contributed by atoms with Gasteiger partial charge in [-0.05, 0) is 31.5 Å². The molecule has 2 aromatic rings. The van der Waals surface area contributed by atoms with Crippen LogP contribution in [0.5, 0.6) is 0 Å². The van der Waals surface area contributed by atoms with Crippen molar-refractivity contribution >= 4 is 17.3 Å². The summed E-state index contributed by atoms with van der Waals surface area (Å²) in [5.74, 6) is -0.311. The van der Waals surface area contributed by atoms with Crippen LogP contribution in [0, 0.1) is 12.7 Å². The van der Waals surface area contributed by atoms with Crippen molar-refractivity contribution in [3.8, 4) is 0 Å². The molecule has 0 unspecified atom stereocenters. The van der Waals surface area contributed by atoms with E-state index in [0.717, 1.165) is 11.1 Å². The second-order valence-electron chi connectivity index (χ2n) is 6.28. The number of anilines is 1. The molecule has 0 spiro atoms. The summed E-state index contributed by atoms with van der Waals surface area (Å²) in [6.07, 6.45) is 1.43. The van der Waals surface area contributed by atoms with E-state index in [9.17, 15) is 9.18 Å². The Kier molecular flexibility index (Phi) is 5.35. The predicted molar refractivity (Wildman–Crippen MR) is 105 cm³/mol. The molecule has 0 saturated carbocycles. The molecule has 2 aromatic carbocycles. The Morgan fingerprint density at radius 3 is 2.59 bits per heavy atom. The Hall–Kier alpha value is -3.41. The molecule has 1 aliphatic rings. The number of amides is 1. The number of benzene rings is 2. The van der Waals surface area contributed by atoms with Crippen molar-refractivity contribution < 1.29 is 9.18 Å². The molecule has 3 rings (SSSR count). The maximum Gasteiger partial charge on any atom is 0.274 e. The van der Waals surface area contributed by atoms with Crippen LogP contribution in [0.2, 0.25) is 0 Å². The fourth-order valence-electron chi connectivity index (χ4n) is 2.62. The Bertz CT molecular complexity index is 931. The molecule has 1 amide bonds. The van der Waals surface area contributed by atoms with Gasteiger partial charge in [0.15, 0.2) is 0 Å². The smallest absolute Gasteiger partial charge is 0.274 e. The van der Waals surface area contributed by atoms with Gasteiger partial charge in [-0.1, -0.05) is 48.5 Å². The van der Waals surface area contributed by atoms with Crippen LogP contribution in [0.15, 0.2) is 77.8 Å². The number of carbonyl (C=O) groups excluding carboxylic acids is 1.